The fraction of sp³-hybridized carbons (Fsp3) is 0.682. The Bertz CT molecular complexity index is 732. The molecule has 4 aliphatic rings. The van der Waals surface area contributed by atoms with E-state index in [1.54, 1.807) is 12.1 Å². The van der Waals surface area contributed by atoms with Gasteiger partial charge in [0.2, 0.25) is 0 Å². The predicted octanol–water partition coefficient (Wildman–Crippen LogP) is 3.44. The van der Waals surface area contributed by atoms with Crippen molar-refractivity contribution in [3.63, 3.8) is 0 Å². The molecule has 2 saturated heterocycles. The number of halogens is 1. The van der Waals surface area contributed by atoms with Gasteiger partial charge in [-0.1, -0.05) is 19.1 Å². The lowest BCUT2D eigenvalue weighted by Gasteiger charge is -2.51. The van der Waals surface area contributed by atoms with Crippen LogP contribution in [0.25, 0.3) is 0 Å². The first-order valence-electron chi connectivity index (χ1n) is 10.3. The molecule has 5 heteroatoms. The number of carbonyl (C=O) groups excluding carboxylic acids is 1. The smallest absolute Gasteiger partial charge is 0.310 e. The normalized spacial score (nSPS) is 42.5. The minimum Gasteiger partial charge on any atom is -0.462 e. The van der Waals surface area contributed by atoms with Crippen LogP contribution in [0.2, 0.25) is 0 Å². The van der Waals surface area contributed by atoms with E-state index in [2.05, 4.69) is 12.2 Å². The monoisotopic (exact) mass is 373 g/mol. The Morgan fingerprint density at radius 3 is 2.78 bits per heavy atom. The molecule has 1 spiro atoms. The van der Waals surface area contributed by atoms with E-state index in [1.807, 2.05) is 0 Å². The average Bonchev–Trinajstić information content (AvgIpc) is 3.33. The molecule has 0 aromatic heterocycles. The van der Waals surface area contributed by atoms with Gasteiger partial charge < -0.3 is 14.8 Å². The van der Waals surface area contributed by atoms with Crippen LogP contribution in [0.15, 0.2) is 24.3 Å². The quantitative estimate of drug-likeness (QED) is 0.649. The van der Waals surface area contributed by atoms with Crippen LogP contribution in [-0.4, -0.2) is 30.8 Å². The van der Waals surface area contributed by atoms with Gasteiger partial charge in [-0.2, -0.15) is 0 Å². The molecule has 1 N–H and O–H groups in total. The fourth-order valence-electron chi connectivity index (χ4n) is 6.16. The average molecular weight is 373 g/mol. The van der Waals surface area contributed by atoms with Crippen LogP contribution in [-0.2, 0) is 20.8 Å². The Hall–Kier alpha value is -1.46. The van der Waals surface area contributed by atoms with E-state index in [0.29, 0.717) is 19.0 Å². The molecule has 0 unspecified atom stereocenters. The van der Waals surface area contributed by atoms with Gasteiger partial charge in [0.1, 0.15) is 11.9 Å². The molecule has 1 aromatic carbocycles. The van der Waals surface area contributed by atoms with Crippen LogP contribution in [0.1, 0.15) is 44.6 Å². The molecule has 4 fully saturated rings. The molecule has 27 heavy (non-hydrogen) atoms. The number of hydrogen-bond donors (Lipinski definition) is 1. The molecule has 2 saturated carbocycles. The molecule has 6 atom stereocenters. The van der Waals surface area contributed by atoms with Gasteiger partial charge in [0.05, 0.1) is 18.1 Å². The lowest BCUT2D eigenvalue weighted by molar-refractivity contribution is -0.147. The molecule has 0 amide bonds. The zero-order valence-electron chi connectivity index (χ0n) is 15.9. The molecular formula is C22H28FNO3. The largest absolute Gasteiger partial charge is 0.462 e. The standard InChI is InChI=1S/C22H28FNO3/c1-21-7-2-8-22(13-26-22)19(21)9-16-17(20(25)27-18(16)10-21)12-24-11-14-3-5-15(23)6-4-14/h3-6,16-19,24H,2,7-13H2,1H3/t16-,17+,18+,19+,21+,22-/m0/s1. The lowest BCUT2D eigenvalue weighted by Crippen LogP contribution is -2.51. The summed E-state index contributed by atoms with van der Waals surface area (Å²) in [4.78, 5) is 12.6. The van der Waals surface area contributed by atoms with Crippen molar-refractivity contribution >= 4 is 5.97 Å². The topological polar surface area (TPSA) is 50.9 Å². The summed E-state index contributed by atoms with van der Waals surface area (Å²) in [7, 11) is 0. The molecule has 2 heterocycles. The highest BCUT2D eigenvalue weighted by atomic mass is 19.1. The Labute approximate surface area is 159 Å². The van der Waals surface area contributed by atoms with Crippen molar-refractivity contribution in [3.05, 3.63) is 35.6 Å². The van der Waals surface area contributed by atoms with Crippen molar-refractivity contribution in [2.24, 2.45) is 23.2 Å². The molecule has 0 radical (unpaired) electrons. The number of esters is 1. The lowest BCUT2D eigenvalue weighted by atomic mass is 9.53. The van der Waals surface area contributed by atoms with Crippen LogP contribution in [0.3, 0.4) is 0 Å². The van der Waals surface area contributed by atoms with Crippen molar-refractivity contribution < 1.29 is 18.7 Å². The van der Waals surface area contributed by atoms with Gasteiger partial charge >= 0.3 is 5.97 Å². The van der Waals surface area contributed by atoms with Crippen molar-refractivity contribution in [2.75, 3.05) is 13.2 Å². The molecule has 0 bridgehead atoms. The first-order valence-corrected chi connectivity index (χ1v) is 10.3. The Kier molecular flexibility index (Phi) is 4.10. The number of rotatable bonds is 4. The highest BCUT2D eigenvalue weighted by Gasteiger charge is 2.64. The third kappa shape index (κ3) is 2.99. The third-order valence-corrected chi connectivity index (χ3v) is 7.69. The van der Waals surface area contributed by atoms with Gasteiger partial charge in [-0.3, -0.25) is 4.79 Å². The van der Waals surface area contributed by atoms with E-state index >= 15 is 0 Å². The van der Waals surface area contributed by atoms with E-state index in [-0.39, 0.29) is 40.7 Å². The van der Waals surface area contributed by atoms with Crippen molar-refractivity contribution in [1.29, 1.82) is 0 Å². The maximum absolute atomic E-state index is 13.0. The molecule has 4 nitrogen and oxygen atoms in total. The van der Waals surface area contributed by atoms with Crippen LogP contribution < -0.4 is 5.32 Å². The summed E-state index contributed by atoms with van der Waals surface area (Å²) in [6.45, 7) is 4.53. The second kappa shape index (κ2) is 6.28. The first-order chi connectivity index (χ1) is 13.0. The number of nitrogens with one attached hydrogen (secondary N) is 1. The van der Waals surface area contributed by atoms with E-state index in [1.165, 1.54) is 31.4 Å². The SMILES string of the molecule is C[C@]12CCC[C@]3(CO3)[C@@H]1C[C@@H]1[C@@H](C2)OC(=O)[C@@H]1CNCc1ccc(F)cc1. The number of benzene rings is 1. The molecule has 1 aromatic rings. The Balaban J connectivity index is 1.26. The Morgan fingerprint density at radius 1 is 1.26 bits per heavy atom. The number of hydrogen-bond acceptors (Lipinski definition) is 4. The van der Waals surface area contributed by atoms with Crippen molar-refractivity contribution in [3.8, 4) is 0 Å². The van der Waals surface area contributed by atoms with Crippen molar-refractivity contribution in [2.45, 2.75) is 57.3 Å². The fourth-order valence-corrected chi connectivity index (χ4v) is 6.16. The van der Waals surface area contributed by atoms with Crippen LogP contribution in [0, 0.1) is 29.0 Å². The number of ether oxygens (including phenoxy) is 2. The number of epoxide rings is 1. The molecule has 146 valence electrons. The van der Waals surface area contributed by atoms with Crippen LogP contribution in [0.5, 0.6) is 0 Å². The van der Waals surface area contributed by atoms with Gasteiger partial charge in [0, 0.05) is 19.0 Å². The summed E-state index contributed by atoms with van der Waals surface area (Å²) in [5, 5.41) is 3.39. The first kappa shape index (κ1) is 17.6. The van der Waals surface area contributed by atoms with E-state index in [4.69, 9.17) is 9.47 Å². The second-order valence-electron chi connectivity index (χ2n) is 9.36. The third-order valence-electron chi connectivity index (χ3n) is 7.69. The summed E-state index contributed by atoms with van der Waals surface area (Å²) >= 11 is 0. The highest BCUT2D eigenvalue weighted by molar-refractivity contribution is 5.75. The number of fused-ring (bicyclic) bond motifs is 3. The Morgan fingerprint density at radius 2 is 2.04 bits per heavy atom. The second-order valence-corrected chi connectivity index (χ2v) is 9.36. The van der Waals surface area contributed by atoms with E-state index in [0.717, 1.165) is 25.0 Å². The van der Waals surface area contributed by atoms with E-state index in [9.17, 15) is 9.18 Å². The van der Waals surface area contributed by atoms with Crippen LogP contribution in [0.4, 0.5) is 4.39 Å². The van der Waals surface area contributed by atoms with Gasteiger partial charge in [0.15, 0.2) is 0 Å². The predicted molar refractivity (Wildman–Crippen MR) is 98.3 cm³/mol. The molecule has 2 aliphatic carbocycles. The van der Waals surface area contributed by atoms with Gasteiger partial charge in [-0.15, -0.1) is 0 Å². The van der Waals surface area contributed by atoms with Crippen molar-refractivity contribution in [1.82, 2.24) is 5.32 Å². The molecule has 5 rings (SSSR count). The summed E-state index contributed by atoms with van der Waals surface area (Å²) < 4.78 is 24.8. The van der Waals surface area contributed by atoms with Gasteiger partial charge in [-0.05, 0) is 61.1 Å². The summed E-state index contributed by atoms with van der Waals surface area (Å²) in [5.74, 6) is 0.474. The molecular weight excluding hydrogens is 345 g/mol. The van der Waals surface area contributed by atoms with E-state index < -0.39 is 0 Å². The minimum atomic E-state index is -0.227. The summed E-state index contributed by atoms with van der Waals surface area (Å²) in [5.41, 5.74) is 1.36. The van der Waals surface area contributed by atoms with Gasteiger partial charge in [0.25, 0.3) is 0 Å². The summed E-state index contributed by atoms with van der Waals surface area (Å²) in [6.07, 6.45) is 5.69. The maximum Gasteiger partial charge on any atom is 0.310 e. The molecule has 2 aliphatic heterocycles. The number of carbonyl (C=O) groups is 1. The van der Waals surface area contributed by atoms with Crippen LogP contribution >= 0.6 is 0 Å². The van der Waals surface area contributed by atoms with Gasteiger partial charge in [-0.25, -0.2) is 4.39 Å². The summed E-state index contributed by atoms with van der Waals surface area (Å²) in [6, 6.07) is 6.49. The minimum absolute atomic E-state index is 0.0513. The zero-order valence-corrected chi connectivity index (χ0v) is 15.9. The maximum atomic E-state index is 13.0. The zero-order chi connectivity index (χ0) is 18.6. The highest BCUT2D eigenvalue weighted by Crippen LogP contribution is 2.62.